The van der Waals surface area contributed by atoms with Crippen LogP contribution in [0.1, 0.15) is 52.9 Å². The largest absolute Gasteiger partial charge is 0.393 e. The molecule has 0 amide bonds. The van der Waals surface area contributed by atoms with Gasteiger partial charge in [0.1, 0.15) is 0 Å². The van der Waals surface area contributed by atoms with E-state index in [1.54, 1.807) is 13.8 Å². The fourth-order valence-corrected chi connectivity index (χ4v) is 1.72. The van der Waals surface area contributed by atoms with E-state index in [2.05, 4.69) is 0 Å². The van der Waals surface area contributed by atoms with Crippen LogP contribution in [0, 0.1) is 0 Å². The highest BCUT2D eigenvalue weighted by atomic mass is 16.3. The number of rotatable bonds is 8. The van der Waals surface area contributed by atoms with Crippen molar-refractivity contribution >= 4 is 0 Å². The summed E-state index contributed by atoms with van der Waals surface area (Å²) in [6, 6.07) is 0. The molecule has 0 aliphatic carbocycles. The van der Waals surface area contributed by atoms with E-state index in [0.717, 1.165) is 6.42 Å². The molecule has 16 heavy (non-hydrogen) atoms. The van der Waals surface area contributed by atoms with Gasteiger partial charge in [0.05, 0.1) is 23.9 Å². The molecule has 0 aromatic carbocycles. The molecular formula is C12H26O4. The molecule has 0 spiro atoms. The maximum Gasteiger partial charge on any atom is 0.0800 e. The molecule has 4 nitrogen and oxygen atoms in total. The van der Waals surface area contributed by atoms with Gasteiger partial charge in [-0.15, -0.1) is 0 Å². The smallest absolute Gasteiger partial charge is 0.0800 e. The summed E-state index contributed by atoms with van der Waals surface area (Å²) < 4.78 is 0. The van der Waals surface area contributed by atoms with Crippen LogP contribution in [0.4, 0.5) is 0 Å². The summed E-state index contributed by atoms with van der Waals surface area (Å²) in [6.07, 6.45) is 0.306. The molecule has 0 radical (unpaired) electrons. The van der Waals surface area contributed by atoms with Crippen molar-refractivity contribution in [3.8, 4) is 0 Å². The van der Waals surface area contributed by atoms with Crippen LogP contribution < -0.4 is 0 Å². The zero-order valence-corrected chi connectivity index (χ0v) is 10.6. The summed E-state index contributed by atoms with van der Waals surface area (Å²) in [6.45, 7) is 5.22. The van der Waals surface area contributed by atoms with Crippen molar-refractivity contribution in [3.63, 3.8) is 0 Å². The Kier molecular flexibility index (Phi) is 7.15. The Morgan fingerprint density at radius 1 is 0.938 bits per heavy atom. The lowest BCUT2D eigenvalue weighted by molar-refractivity contribution is -0.0135. The Hall–Kier alpha value is -0.160. The topological polar surface area (TPSA) is 80.9 Å². The number of hydrogen-bond acceptors (Lipinski definition) is 4. The first kappa shape index (κ1) is 15.8. The summed E-state index contributed by atoms with van der Waals surface area (Å²) in [5, 5.41) is 38.1. The van der Waals surface area contributed by atoms with Gasteiger partial charge in [-0.3, -0.25) is 0 Å². The second-order valence-corrected chi connectivity index (χ2v) is 5.17. The van der Waals surface area contributed by atoms with Gasteiger partial charge in [0.15, 0.2) is 0 Å². The van der Waals surface area contributed by atoms with Crippen molar-refractivity contribution in [2.75, 3.05) is 0 Å². The van der Waals surface area contributed by atoms with E-state index in [9.17, 15) is 20.4 Å². The van der Waals surface area contributed by atoms with Gasteiger partial charge >= 0.3 is 0 Å². The van der Waals surface area contributed by atoms with Crippen LogP contribution in [0.25, 0.3) is 0 Å². The summed E-state index contributed by atoms with van der Waals surface area (Å²) >= 11 is 0. The van der Waals surface area contributed by atoms with Gasteiger partial charge in [-0.25, -0.2) is 0 Å². The van der Waals surface area contributed by atoms with Crippen LogP contribution in [0.2, 0.25) is 0 Å². The van der Waals surface area contributed by atoms with E-state index >= 15 is 0 Å². The van der Waals surface area contributed by atoms with Crippen molar-refractivity contribution < 1.29 is 20.4 Å². The van der Waals surface area contributed by atoms with E-state index in [0.29, 0.717) is 19.3 Å². The monoisotopic (exact) mass is 234 g/mol. The van der Waals surface area contributed by atoms with E-state index in [1.165, 1.54) is 0 Å². The summed E-state index contributed by atoms with van der Waals surface area (Å²) in [5.41, 5.74) is -0.896. The molecule has 98 valence electrons. The third kappa shape index (κ3) is 8.05. The molecule has 0 rings (SSSR count). The molecular weight excluding hydrogens is 208 g/mol. The second-order valence-electron chi connectivity index (χ2n) is 5.17. The Bertz CT molecular complexity index is 176. The van der Waals surface area contributed by atoms with Gasteiger partial charge < -0.3 is 20.4 Å². The molecule has 4 N–H and O–H groups in total. The first-order valence-electron chi connectivity index (χ1n) is 6.03. The molecule has 4 heteroatoms. The van der Waals surface area contributed by atoms with Gasteiger partial charge in [0.2, 0.25) is 0 Å². The third-order valence-electron chi connectivity index (χ3n) is 2.56. The zero-order valence-electron chi connectivity index (χ0n) is 10.6. The van der Waals surface area contributed by atoms with E-state index < -0.39 is 23.9 Å². The molecule has 0 aliphatic rings. The van der Waals surface area contributed by atoms with Crippen LogP contribution >= 0.6 is 0 Å². The molecule has 3 unspecified atom stereocenters. The molecule has 0 fully saturated rings. The molecule has 0 aromatic rings. The number of hydrogen-bond donors (Lipinski definition) is 4. The molecule has 0 saturated carbocycles. The Morgan fingerprint density at radius 2 is 1.44 bits per heavy atom. The Balaban J connectivity index is 3.78. The highest BCUT2D eigenvalue weighted by Crippen LogP contribution is 2.16. The molecule has 0 bridgehead atoms. The molecule has 3 atom stereocenters. The Labute approximate surface area is 97.9 Å². The van der Waals surface area contributed by atoms with Gasteiger partial charge in [0, 0.05) is 6.42 Å². The minimum absolute atomic E-state index is 0.281. The average molecular weight is 234 g/mol. The van der Waals surface area contributed by atoms with Gasteiger partial charge in [-0.2, -0.15) is 0 Å². The fraction of sp³-hybridized carbons (Fsp3) is 1.00. The summed E-state index contributed by atoms with van der Waals surface area (Å²) in [5.74, 6) is 0. The van der Waals surface area contributed by atoms with Crippen LogP contribution in [-0.4, -0.2) is 44.3 Å². The van der Waals surface area contributed by atoms with E-state index in [4.69, 9.17) is 0 Å². The fourth-order valence-electron chi connectivity index (χ4n) is 1.72. The lowest BCUT2D eigenvalue weighted by Crippen LogP contribution is -2.30. The maximum atomic E-state index is 9.59. The molecule has 0 aliphatic heterocycles. The number of aliphatic hydroxyl groups is 4. The van der Waals surface area contributed by atoms with Crippen molar-refractivity contribution in [1.29, 1.82) is 0 Å². The maximum absolute atomic E-state index is 9.59. The molecule has 0 saturated heterocycles. The predicted octanol–water partition coefficient (Wildman–Crippen LogP) is 0.810. The molecule has 0 aromatic heterocycles. The minimum atomic E-state index is -0.896. The first-order valence-corrected chi connectivity index (χ1v) is 6.03. The lowest BCUT2D eigenvalue weighted by atomic mass is 9.95. The minimum Gasteiger partial charge on any atom is -0.393 e. The quantitative estimate of drug-likeness (QED) is 0.501. The van der Waals surface area contributed by atoms with Crippen LogP contribution in [0.5, 0.6) is 0 Å². The number of aliphatic hydroxyl groups excluding tert-OH is 3. The van der Waals surface area contributed by atoms with E-state index in [1.807, 2.05) is 6.92 Å². The van der Waals surface area contributed by atoms with Gasteiger partial charge in [0.25, 0.3) is 0 Å². The van der Waals surface area contributed by atoms with Gasteiger partial charge in [-0.05, 0) is 33.1 Å². The highest BCUT2D eigenvalue weighted by Gasteiger charge is 2.21. The van der Waals surface area contributed by atoms with Crippen molar-refractivity contribution in [2.45, 2.75) is 76.8 Å². The standard InChI is InChI=1S/C12H26O4/c1-4-5-10(14)11(15)7-6-9(13)8-12(2,3)16/h9-11,13-16H,4-8H2,1-3H3. The second kappa shape index (κ2) is 7.22. The Morgan fingerprint density at radius 3 is 1.88 bits per heavy atom. The van der Waals surface area contributed by atoms with Crippen molar-refractivity contribution in [3.05, 3.63) is 0 Å². The summed E-state index contributed by atoms with van der Waals surface area (Å²) in [4.78, 5) is 0. The SMILES string of the molecule is CCCC(O)C(O)CCC(O)CC(C)(C)O. The zero-order chi connectivity index (χ0) is 12.8. The third-order valence-corrected chi connectivity index (χ3v) is 2.56. The van der Waals surface area contributed by atoms with Crippen LogP contribution in [0.3, 0.4) is 0 Å². The normalized spacial score (nSPS) is 18.2. The van der Waals surface area contributed by atoms with Crippen LogP contribution in [-0.2, 0) is 0 Å². The predicted molar refractivity (Wildman–Crippen MR) is 63.1 cm³/mol. The first-order chi connectivity index (χ1) is 7.26. The lowest BCUT2D eigenvalue weighted by Gasteiger charge is -2.23. The molecule has 0 heterocycles. The van der Waals surface area contributed by atoms with Crippen molar-refractivity contribution in [1.82, 2.24) is 0 Å². The van der Waals surface area contributed by atoms with Crippen molar-refractivity contribution in [2.24, 2.45) is 0 Å². The summed E-state index contributed by atoms with van der Waals surface area (Å²) in [7, 11) is 0. The van der Waals surface area contributed by atoms with Gasteiger partial charge in [-0.1, -0.05) is 13.3 Å². The average Bonchev–Trinajstić information content (AvgIpc) is 2.11. The highest BCUT2D eigenvalue weighted by molar-refractivity contribution is 4.74. The van der Waals surface area contributed by atoms with E-state index in [-0.39, 0.29) is 6.42 Å². The van der Waals surface area contributed by atoms with Crippen LogP contribution in [0.15, 0.2) is 0 Å².